The van der Waals surface area contributed by atoms with Crippen molar-refractivity contribution in [3.8, 4) is 5.75 Å². The summed E-state index contributed by atoms with van der Waals surface area (Å²) >= 11 is 4.77. The van der Waals surface area contributed by atoms with Gasteiger partial charge in [-0.2, -0.15) is 0 Å². The molecule has 36 heavy (non-hydrogen) atoms. The molecule has 0 spiro atoms. The van der Waals surface area contributed by atoms with Crippen molar-refractivity contribution in [1.29, 1.82) is 0 Å². The lowest BCUT2D eigenvalue weighted by Crippen LogP contribution is -2.41. The monoisotopic (exact) mass is 527 g/mol. The SMILES string of the molecule is C[C@H](F)CCN(C)c1ncc(C(=O)Nc2ccc(OC(F)(F)Cl)cc2)cc1B1OC(C)(C)C(C)(C)O1. The van der Waals surface area contributed by atoms with E-state index in [1.165, 1.54) is 37.4 Å². The summed E-state index contributed by atoms with van der Waals surface area (Å²) in [5, 5.41) is 2.69. The molecule has 1 N–H and O–H groups in total. The molecule has 0 bridgehead atoms. The normalized spacial score (nSPS) is 17.6. The topological polar surface area (TPSA) is 72.9 Å². The van der Waals surface area contributed by atoms with E-state index < -0.39 is 36.0 Å². The quantitative estimate of drug-likeness (QED) is 0.366. The van der Waals surface area contributed by atoms with Gasteiger partial charge in [0.15, 0.2) is 0 Å². The molecule has 1 amide bonds. The first-order valence-corrected chi connectivity index (χ1v) is 11.8. The van der Waals surface area contributed by atoms with E-state index in [1.807, 2.05) is 27.7 Å². The largest absolute Gasteiger partial charge is 0.498 e. The molecule has 0 saturated carbocycles. The Morgan fingerprint density at radius 2 is 1.81 bits per heavy atom. The minimum absolute atomic E-state index is 0.160. The van der Waals surface area contributed by atoms with Crippen LogP contribution >= 0.6 is 11.6 Å². The highest BCUT2D eigenvalue weighted by molar-refractivity contribution is 6.64. The molecule has 1 aromatic heterocycles. The van der Waals surface area contributed by atoms with Crippen molar-refractivity contribution in [1.82, 2.24) is 4.98 Å². The predicted molar refractivity (Wildman–Crippen MR) is 134 cm³/mol. The molecule has 0 unspecified atom stereocenters. The van der Waals surface area contributed by atoms with E-state index in [1.54, 1.807) is 18.0 Å². The summed E-state index contributed by atoms with van der Waals surface area (Å²) in [6, 6.07) is 6.94. The molecule has 0 aliphatic carbocycles. The lowest BCUT2D eigenvalue weighted by molar-refractivity contribution is -0.0964. The van der Waals surface area contributed by atoms with E-state index in [9.17, 15) is 18.0 Å². The zero-order valence-electron chi connectivity index (χ0n) is 21.1. The van der Waals surface area contributed by atoms with Gasteiger partial charge >= 0.3 is 12.7 Å². The molecular weight excluding hydrogens is 498 g/mol. The zero-order valence-corrected chi connectivity index (χ0v) is 21.8. The number of hydrogen-bond donors (Lipinski definition) is 1. The number of carbonyl (C=O) groups is 1. The van der Waals surface area contributed by atoms with Gasteiger partial charge in [-0.25, -0.2) is 9.37 Å². The van der Waals surface area contributed by atoms with E-state index in [4.69, 9.17) is 20.9 Å². The second kappa shape index (κ2) is 10.5. The predicted octanol–water partition coefficient (Wildman–Crippen LogP) is 4.99. The van der Waals surface area contributed by atoms with Gasteiger partial charge in [-0.15, -0.1) is 8.78 Å². The van der Waals surface area contributed by atoms with E-state index in [0.29, 0.717) is 29.9 Å². The van der Waals surface area contributed by atoms with Crippen LogP contribution in [0.25, 0.3) is 0 Å². The second-order valence-corrected chi connectivity index (χ2v) is 10.2. The van der Waals surface area contributed by atoms with Gasteiger partial charge in [0.05, 0.1) is 22.9 Å². The Balaban J connectivity index is 1.86. The van der Waals surface area contributed by atoms with Crippen LogP contribution in [0, 0.1) is 0 Å². The molecule has 1 atom stereocenters. The van der Waals surface area contributed by atoms with Gasteiger partial charge in [-0.1, -0.05) is 0 Å². The van der Waals surface area contributed by atoms with Crippen LogP contribution in [0.4, 0.5) is 24.7 Å². The van der Waals surface area contributed by atoms with Crippen molar-refractivity contribution < 1.29 is 32.0 Å². The highest BCUT2D eigenvalue weighted by Gasteiger charge is 2.52. The van der Waals surface area contributed by atoms with Gasteiger partial charge < -0.3 is 24.3 Å². The maximum Gasteiger partial charge on any atom is 0.498 e. The molecule has 2 heterocycles. The molecular formula is C24H30BClF3N3O4. The Morgan fingerprint density at radius 1 is 1.22 bits per heavy atom. The summed E-state index contributed by atoms with van der Waals surface area (Å²) in [4.78, 5) is 19.3. The van der Waals surface area contributed by atoms with Gasteiger partial charge in [0.1, 0.15) is 11.6 Å². The number of nitrogens with one attached hydrogen (secondary N) is 1. The third-order valence-electron chi connectivity index (χ3n) is 6.23. The maximum absolute atomic E-state index is 13.5. The van der Waals surface area contributed by atoms with Crippen LogP contribution in [0.15, 0.2) is 36.5 Å². The van der Waals surface area contributed by atoms with Crippen LogP contribution in [-0.4, -0.2) is 54.5 Å². The van der Waals surface area contributed by atoms with E-state index >= 15 is 0 Å². The van der Waals surface area contributed by atoms with Crippen molar-refractivity contribution in [2.75, 3.05) is 23.8 Å². The number of rotatable bonds is 9. The number of anilines is 2. The number of aromatic nitrogens is 1. The van der Waals surface area contributed by atoms with E-state index in [2.05, 4.69) is 15.0 Å². The fraction of sp³-hybridized carbons (Fsp3) is 0.500. The average Bonchev–Trinajstić information content (AvgIpc) is 2.98. The van der Waals surface area contributed by atoms with E-state index in [-0.39, 0.29) is 11.3 Å². The number of halogens is 4. The molecule has 1 aliphatic heterocycles. The molecule has 3 rings (SSSR count). The molecule has 196 valence electrons. The third-order valence-corrected chi connectivity index (χ3v) is 6.31. The van der Waals surface area contributed by atoms with Crippen LogP contribution in [-0.2, 0) is 9.31 Å². The number of hydrogen-bond acceptors (Lipinski definition) is 6. The van der Waals surface area contributed by atoms with Crippen molar-refractivity contribution >= 4 is 41.6 Å². The molecule has 2 aromatic rings. The maximum atomic E-state index is 13.5. The lowest BCUT2D eigenvalue weighted by atomic mass is 9.78. The van der Waals surface area contributed by atoms with E-state index in [0.717, 1.165) is 0 Å². The summed E-state index contributed by atoms with van der Waals surface area (Å²) in [6.45, 7) is 9.55. The highest BCUT2D eigenvalue weighted by atomic mass is 35.5. The fourth-order valence-electron chi connectivity index (χ4n) is 3.48. The van der Waals surface area contributed by atoms with Gasteiger partial charge in [-0.05, 0) is 71.4 Å². The van der Waals surface area contributed by atoms with Crippen LogP contribution in [0.2, 0.25) is 0 Å². The summed E-state index contributed by atoms with van der Waals surface area (Å²) in [5.41, 5.74) is -3.98. The Labute approximate surface area is 214 Å². The number of ether oxygens (including phenoxy) is 1. The van der Waals surface area contributed by atoms with Crippen molar-refractivity contribution in [3.63, 3.8) is 0 Å². The molecule has 1 fully saturated rings. The number of alkyl halides is 4. The Bertz CT molecular complexity index is 1070. The van der Waals surface area contributed by atoms with Gasteiger partial charge in [-0.3, -0.25) is 4.79 Å². The first-order chi connectivity index (χ1) is 16.6. The molecule has 1 aromatic carbocycles. The minimum atomic E-state index is -3.84. The number of amides is 1. The summed E-state index contributed by atoms with van der Waals surface area (Å²) in [5.74, 6) is -0.134. The summed E-state index contributed by atoms with van der Waals surface area (Å²) < 4.78 is 55.7. The van der Waals surface area contributed by atoms with Crippen LogP contribution < -0.4 is 20.4 Å². The summed E-state index contributed by atoms with van der Waals surface area (Å²) in [6.07, 6.45) is 0.726. The van der Waals surface area contributed by atoms with Crippen LogP contribution in [0.1, 0.15) is 51.4 Å². The minimum Gasteiger partial charge on any atom is -0.420 e. The third kappa shape index (κ3) is 6.83. The highest BCUT2D eigenvalue weighted by Crippen LogP contribution is 2.37. The zero-order chi connectivity index (χ0) is 26.9. The number of benzene rings is 1. The summed E-state index contributed by atoms with van der Waals surface area (Å²) in [7, 11) is 0.983. The molecule has 1 aliphatic rings. The lowest BCUT2D eigenvalue weighted by Gasteiger charge is -2.32. The van der Waals surface area contributed by atoms with Gasteiger partial charge in [0.2, 0.25) is 0 Å². The Hall–Kier alpha value is -2.50. The van der Waals surface area contributed by atoms with Gasteiger partial charge in [0.25, 0.3) is 5.91 Å². The van der Waals surface area contributed by atoms with Gasteiger partial charge in [0, 0.05) is 42.5 Å². The molecule has 12 heteroatoms. The van der Waals surface area contributed by atoms with Crippen molar-refractivity contribution in [2.45, 2.75) is 64.0 Å². The Kier molecular flexibility index (Phi) is 8.17. The first kappa shape index (κ1) is 28.1. The van der Waals surface area contributed by atoms with Crippen molar-refractivity contribution in [3.05, 3.63) is 42.1 Å². The second-order valence-electron chi connectivity index (χ2n) is 9.74. The van der Waals surface area contributed by atoms with Crippen LogP contribution in [0.5, 0.6) is 5.75 Å². The smallest absolute Gasteiger partial charge is 0.420 e. The van der Waals surface area contributed by atoms with Crippen molar-refractivity contribution in [2.24, 2.45) is 0 Å². The molecule has 7 nitrogen and oxygen atoms in total. The fourth-order valence-corrected chi connectivity index (χ4v) is 3.57. The molecule has 1 saturated heterocycles. The molecule has 0 radical (unpaired) electrons. The first-order valence-electron chi connectivity index (χ1n) is 11.5. The Morgan fingerprint density at radius 3 is 2.33 bits per heavy atom. The van der Waals surface area contributed by atoms with Crippen LogP contribution in [0.3, 0.4) is 0 Å². The number of carbonyl (C=O) groups excluding carboxylic acids is 1. The standard InChI is InChI=1S/C24H30BClF3N3O4/c1-15(27)11-12-32(6)20-19(25-35-22(2,3)23(4,5)36-25)13-16(14-30-20)21(33)31-17-7-9-18(10-8-17)34-24(26,28)29/h7-10,13-15H,11-12H2,1-6H3,(H,31,33)/t15-/m0/s1. The number of pyridine rings is 1. The number of nitrogens with zero attached hydrogens (tertiary/aromatic N) is 2. The average molecular weight is 528 g/mol.